The van der Waals surface area contributed by atoms with Crippen molar-refractivity contribution in [1.82, 2.24) is 4.98 Å². The number of alkyl halides is 3. The molecule has 0 radical (unpaired) electrons. The zero-order valence-electron chi connectivity index (χ0n) is 18.5. The van der Waals surface area contributed by atoms with E-state index >= 15 is 0 Å². The van der Waals surface area contributed by atoms with Crippen LogP contribution in [0.25, 0.3) is 0 Å². The average molecular weight is 461 g/mol. The Morgan fingerprint density at radius 2 is 1.67 bits per heavy atom. The van der Waals surface area contributed by atoms with Crippen LogP contribution in [-0.4, -0.2) is 18.0 Å². The standard InChI is InChI=1S/C24H23F4N3O2/c1-13(2)17-12-16(25)6-8-20(17)30-21-7-5-15(24(26,27)28)11-18(21)23(32)31-19-9-10-22(33-4)29-14(19)3/h5-13,30H,1-4H3,(H,31,32). The molecule has 0 aliphatic rings. The van der Waals surface area contributed by atoms with Gasteiger partial charge in [-0.1, -0.05) is 13.8 Å². The SMILES string of the molecule is COc1ccc(NC(=O)c2cc(C(F)(F)F)ccc2Nc2ccc(F)cc2C(C)C)c(C)n1. The molecule has 0 unspecified atom stereocenters. The van der Waals surface area contributed by atoms with Gasteiger partial charge in [0.2, 0.25) is 5.88 Å². The number of carbonyl (C=O) groups is 1. The van der Waals surface area contributed by atoms with Crippen molar-refractivity contribution in [3.05, 3.63) is 76.7 Å². The Kier molecular flexibility index (Phi) is 6.90. The van der Waals surface area contributed by atoms with Crippen LogP contribution in [0.5, 0.6) is 5.88 Å². The van der Waals surface area contributed by atoms with Crippen LogP contribution in [0.15, 0.2) is 48.5 Å². The molecule has 0 fully saturated rings. The summed E-state index contributed by atoms with van der Waals surface area (Å²) in [5.74, 6) is -0.920. The fraction of sp³-hybridized carbons (Fsp3) is 0.250. The number of aromatic nitrogens is 1. The van der Waals surface area contributed by atoms with Crippen molar-refractivity contribution in [1.29, 1.82) is 0 Å². The molecule has 0 aliphatic carbocycles. The maximum atomic E-state index is 13.7. The van der Waals surface area contributed by atoms with Gasteiger partial charge in [0.05, 0.1) is 35.3 Å². The highest BCUT2D eigenvalue weighted by Gasteiger charge is 2.32. The summed E-state index contributed by atoms with van der Waals surface area (Å²) in [6, 6.07) is 10.0. The number of nitrogens with zero attached hydrogens (tertiary/aromatic N) is 1. The highest BCUT2D eigenvalue weighted by molar-refractivity contribution is 6.09. The number of aryl methyl sites for hydroxylation is 1. The predicted molar refractivity (Wildman–Crippen MR) is 119 cm³/mol. The quantitative estimate of drug-likeness (QED) is 0.402. The maximum absolute atomic E-state index is 13.7. The summed E-state index contributed by atoms with van der Waals surface area (Å²) in [6.45, 7) is 5.36. The van der Waals surface area contributed by atoms with E-state index in [0.717, 1.165) is 12.1 Å². The van der Waals surface area contributed by atoms with Gasteiger partial charge in [-0.05, 0) is 60.9 Å². The summed E-state index contributed by atoms with van der Waals surface area (Å²) in [4.78, 5) is 17.2. The van der Waals surface area contributed by atoms with Crippen molar-refractivity contribution >= 4 is 23.0 Å². The van der Waals surface area contributed by atoms with Gasteiger partial charge in [-0.25, -0.2) is 9.37 Å². The number of halogens is 4. The van der Waals surface area contributed by atoms with Gasteiger partial charge >= 0.3 is 6.18 Å². The van der Waals surface area contributed by atoms with Gasteiger partial charge in [0.15, 0.2) is 0 Å². The van der Waals surface area contributed by atoms with Crippen LogP contribution < -0.4 is 15.4 Å². The first-order valence-corrected chi connectivity index (χ1v) is 10.1. The monoisotopic (exact) mass is 461 g/mol. The molecule has 0 aliphatic heterocycles. The topological polar surface area (TPSA) is 63.2 Å². The van der Waals surface area contributed by atoms with Crippen molar-refractivity contribution < 1.29 is 27.1 Å². The number of methoxy groups -OCH3 is 1. The van der Waals surface area contributed by atoms with E-state index in [4.69, 9.17) is 4.74 Å². The smallest absolute Gasteiger partial charge is 0.416 e. The lowest BCUT2D eigenvalue weighted by atomic mass is 10.00. The molecule has 0 saturated carbocycles. The molecule has 1 heterocycles. The Balaban J connectivity index is 2.03. The third-order valence-electron chi connectivity index (χ3n) is 5.01. The van der Waals surface area contributed by atoms with Gasteiger partial charge in [-0.15, -0.1) is 0 Å². The minimum atomic E-state index is -4.63. The Morgan fingerprint density at radius 1 is 1.00 bits per heavy atom. The molecular formula is C24H23F4N3O2. The summed E-state index contributed by atoms with van der Waals surface area (Å²) in [7, 11) is 1.45. The van der Waals surface area contributed by atoms with E-state index in [1.54, 1.807) is 13.0 Å². The van der Waals surface area contributed by atoms with Crippen molar-refractivity contribution in [2.24, 2.45) is 0 Å². The van der Waals surface area contributed by atoms with Crippen LogP contribution in [0.3, 0.4) is 0 Å². The summed E-state index contributed by atoms with van der Waals surface area (Å²) in [5, 5.41) is 5.60. The lowest BCUT2D eigenvalue weighted by molar-refractivity contribution is -0.137. The van der Waals surface area contributed by atoms with Crippen LogP contribution in [0.1, 0.15) is 46.9 Å². The van der Waals surface area contributed by atoms with Crippen molar-refractivity contribution in [3.63, 3.8) is 0 Å². The van der Waals surface area contributed by atoms with Gasteiger partial charge in [0.1, 0.15) is 5.82 Å². The van der Waals surface area contributed by atoms with Gasteiger partial charge in [-0.2, -0.15) is 13.2 Å². The highest BCUT2D eigenvalue weighted by Crippen LogP contribution is 2.35. The first-order valence-electron chi connectivity index (χ1n) is 10.1. The van der Waals surface area contributed by atoms with Crippen LogP contribution in [0.2, 0.25) is 0 Å². The Hall–Kier alpha value is -3.62. The first kappa shape index (κ1) is 24.0. The van der Waals surface area contributed by atoms with E-state index < -0.39 is 23.5 Å². The molecular weight excluding hydrogens is 438 g/mol. The molecule has 174 valence electrons. The molecule has 0 spiro atoms. The van der Waals surface area contributed by atoms with Gasteiger partial charge < -0.3 is 15.4 Å². The molecule has 33 heavy (non-hydrogen) atoms. The number of amides is 1. The minimum absolute atomic E-state index is 0.0667. The maximum Gasteiger partial charge on any atom is 0.416 e. The minimum Gasteiger partial charge on any atom is -0.481 e. The number of benzene rings is 2. The van der Waals surface area contributed by atoms with E-state index in [0.29, 0.717) is 28.5 Å². The average Bonchev–Trinajstić information content (AvgIpc) is 2.75. The van der Waals surface area contributed by atoms with Gasteiger partial charge in [0.25, 0.3) is 5.91 Å². The van der Waals surface area contributed by atoms with E-state index in [-0.39, 0.29) is 17.2 Å². The number of anilines is 3. The molecule has 5 nitrogen and oxygen atoms in total. The lowest BCUT2D eigenvalue weighted by Crippen LogP contribution is -2.17. The largest absolute Gasteiger partial charge is 0.481 e. The van der Waals surface area contributed by atoms with Crippen LogP contribution in [-0.2, 0) is 6.18 Å². The summed E-state index contributed by atoms with van der Waals surface area (Å²) in [5.41, 5.74) is 0.829. The molecule has 2 aromatic carbocycles. The summed E-state index contributed by atoms with van der Waals surface area (Å²) >= 11 is 0. The lowest BCUT2D eigenvalue weighted by Gasteiger charge is -2.19. The van der Waals surface area contributed by atoms with Crippen LogP contribution in [0.4, 0.5) is 34.6 Å². The molecule has 1 aromatic heterocycles. The molecule has 1 amide bonds. The molecule has 3 aromatic rings. The second kappa shape index (κ2) is 9.48. The molecule has 9 heteroatoms. The Morgan fingerprint density at radius 3 is 2.27 bits per heavy atom. The third-order valence-corrected chi connectivity index (χ3v) is 5.01. The third kappa shape index (κ3) is 5.60. The summed E-state index contributed by atoms with van der Waals surface area (Å²) in [6.07, 6.45) is -4.63. The number of carbonyl (C=O) groups excluding carboxylic acids is 1. The van der Waals surface area contributed by atoms with E-state index in [1.807, 2.05) is 13.8 Å². The number of rotatable bonds is 6. The number of nitrogens with one attached hydrogen (secondary N) is 2. The summed E-state index contributed by atoms with van der Waals surface area (Å²) < 4.78 is 58.9. The number of hydrogen-bond donors (Lipinski definition) is 2. The molecule has 0 atom stereocenters. The second-order valence-electron chi connectivity index (χ2n) is 7.71. The first-order chi connectivity index (χ1) is 15.5. The zero-order valence-corrected chi connectivity index (χ0v) is 18.5. The number of hydrogen-bond acceptors (Lipinski definition) is 4. The van der Waals surface area contributed by atoms with Crippen molar-refractivity contribution in [2.45, 2.75) is 32.9 Å². The van der Waals surface area contributed by atoms with Crippen molar-refractivity contribution in [3.8, 4) is 5.88 Å². The van der Waals surface area contributed by atoms with E-state index in [2.05, 4.69) is 15.6 Å². The fourth-order valence-electron chi connectivity index (χ4n) is 3.26. The zero-order chi connectivity index (χ0) is 24.3. The van der Waals surface area contributed by atoms with E-state index in [9.17, 15) is 22.4 Å². The fourth-order valence-corrected chi connectivity index (χ4v) is 3.26. The Bertz CT molecular complexity index is 1180. The van der Waals surface area contributed by atoms with Crippen LogP contribution >= 0.6 is 0 Å². The second-order valence-corrected chi connectivity index (χ2v) is 7.71. The van der Waals surface area contributed by atoms with Crippen LogP contribution in [0, 0.1) is 12.7 Å². The Labute approximate surface area is 188 Å². The highest BCUT2D eigenvalue weighted by atomic mass is 19.4. The normalized spacial score (nSPS) is 11.4. The van der Waals surface area contributed by atoms with Crippen molar-refractivity contribution in [2.75, 3.05) is 17.7 Å². The van der Waals surface area contributed by atoms with Gasteiger partial charge in [-0.3, -0.25) is 4.79 Å². The molecule has 0 bridgehead atoms. The van der Waals surface area contributed by atoms with Gasteiger partial charge in [0, 0.05) is 11.8 Å². The predicted octanol–water partition coefficient (Wildman–Crippen LogP) is 6.68. The molecule has 2 N–H and O–H groups in total. The molecule has 3 rings (SSSR count). The number of ether oxygens (including phenoxy) is 1. The number of pyridine rings is 1. The van der Waals surface area contributed by atoms with E-state index in [1.165, 1.54) is 37.4 Å². The molecule has 0 saturated heterocycles.